The Morgan fingerprint density at radius 2 is 2.09 bits per heavy atom. The number of hydrazone groups is 1. The molecule has 1 aromatic heterocycles. The number of carbonyl (C=O) groups excluding carboxylic acids is 1. The van der Waals surface area contributed by atoms with Crippen molar-refractivity contribution in [2.75, 3.05) is 7.11 Å². The highest BCUT2D eigenvalue weighted by molar-refractivity contribution is 5.95. The number of aromatic nitrogens is 1. The molecule has 0 saturated heterocycles. The van der Waals surface area contributed by atoms with E-state index in [0.29, 0.717) is 5.56 Å². The van der Waals surface area contributed by atoms with Crippen LogP contribution in [0.4, 0.5) is 5.69 Å². The normalized spacial score (nSPS) is 10.5. The summed E-state index contributed by atoms with van der Waals surface area (Å²) in [6, 6.07) is 5.52. The van der Waals surface area contributed by atoms with Crippen molar-refractivity contribution >= 4 is 17.8 Å². The number of ether oxygens (including phenoxy) is 1. The summed E-state index contributed by atoms with van der Waals surface area (Å²) in [4.78, 5) is 26.0. The van der Waals surface area contributed by atoms with E-state index in [1.54, 1.807) is 0 Å². The third kappa shape index (κ3) is 3.59. The van der Waals surface area contributed by atoms with Gasteiger partial charge in [-0.2, -0.15) is 5.10 Å². The molecular formula is C14H12N4O5. The van der Waals surface area contributed by atoms with Gasteiger partial charge in [0.25, 0.3) is 5.91 Å². The molecule has 0 spiro atoms. The van der Waals surface area contributed by atoms with Crippen LogP contribution in [-0.4, -0.2) is 34.2 Å². The van der Waals surface area contributed by atoms with Crippen molar-refractivity contribution in [2.24, 2.45) is 5.10 Å². The smallest absolute Gasteiger partial charge is 0.323 e. The number of nitro groups is 1. The van der Waals surface area contributed by atoms with Crippen molar-refractivity contribution < 1.29 is 19.6 Å². The third-order valence-electron chi connectivity index (χ3n) is 2.84. The zero-order chi connectivity index (χ0) is 16.8. The van der Waals surface area contributed by atoms with Crippen molar-refractivity contribution in [3.8, 4) is 11.5 Å². The van der Waals surface area contributed by atoms with Crippen LogP contribution < -0.4 is 10.2 Å². The fourth-order valence-electron chi connectivity index (χ4n) is 1.80. The quantitative estimate of drug-likeness (QED) is 0.488. The monoisotopic (exact) mass is 316 g/mol. The number of nitrogens with one attached hydrogen (secondary N) is 1. The summed E-state index contributed by atoms with van der Waals surface area (Å²) in [5, 5.41) is 24.4. The minimum absolute atomic E-state index is 0.0691. The molecule has 0 aliphatic heterocycles. The lowest BCUT2D eigenvalue weighted by molar-refractivity contribution is -0.386. The molecule has 1 heterocycles. The standard InChI is InChI=1S/C14H12N4O5/c1-23-13-11(19)3-2-10(12(13)18(21)22)8-16-17-14(20)9-4-6-15-7-5-9/h2-8,19H,1H3,(H,17,20). The molecule has 1 aromatic carbocycles. The number of methoxy groups -OCH3 is 1. The molecule has 2 aromatic rings. The summed E-state index contributed by atoms with van der Waals surface area (Å²) in [6.45, 7) is 0. The Balaban J connectivity index is 2.23. The van der Waals surface area contributed by atoms with Crippen LogP contribution in [0.3, 0.4) is 0 Å². The second kappa shape index (κ2) is 6.98. The second-order valence-corrected chi connectivity index (χ2v) is 4.25. The number of nitro benzene ring substituents is 1. The Bertz CT molecular complexity index is 761. The number of rotatable bonds is 5. The zero-order valence-corrected chi connectivity index (χ0v) is 12.0. The molecule has 9 heteroatoms. The van der Waals surface area contributed by atoms with E-state index >= 15 is 0 Å². The van der Waals surface area contributed by atoms with E-state index in [1.807, 2.05) is 0 Å². The summed E-state index contributed by atoms with van der Waals surface area (Å²) in [7, 11) is 1.20. The van der Waals surface area contributed by atoms with Gasteiger partial charge in [0.05, 0.1) is 23.8 Å². The topological polar surface area (TPSA) is 127 Å². The van der Waals surface area contributed by atoms with Crippen LogP contribution in [0.15, 0.2) is 41.8 Å². The number of carbonyl (C=O) groups is 1. The van der Waals surface area contributed by atoms with Gasteiger partial charge < -0.3 is 9.84 Å². The largest absolute Gasteiger partial charge is 0.504 e. The molecule has 2 rings (SSSR count). The molecule has 0 fully saturated rings. The van der Waals surface area contributed by atoms with Gasteiger partial charge in [0.1, 0.15) is 0 Å². The van der Waals surface area contributed by atoms with Gasteiger partial charge in [-0.25, -0.2) is 5.43 Å². The third-order valence-corrected chi connectivity index (χ3v) is 2.84. The Morgan fingerprint density at radius 3 is 2.70 bits per heavy atom. The number of pyridine rings is 1. The summed E-state index contributed by atoms with van der Waals surface area (Å²) in [5.74, 6) is -1.13. The number of hydrogen-bond donors (Lipinski definition) is 2. The summed E-state index contributed by atoms with van der Waals surface area (Å²) < 4.78 is 4.83. The summed E-state index contributed by atoms with van der Waals surface area (Å²) >= 11 is 0. The molecule has 1 amide bonds. The van der Waals surface area contributed by atoms with Crippen LogP contribution >= 0.6 is 0 Å². The maximum Gasteiger partial charge on any atom is 0.323 e. The van der Waals surface area contributed by atoms with Crippen LogP contribution in [-0.2, 0) is 0 Å². The molecule has 0 aliphatic carbocycles. The van der Waals surface area contributed by atoms with Gasteiger partial charge in [-0.3, -0.25) is 19.9 Å². The average Bonchev–Trinajstić information content (AvgIpc) is 2.56. The van der Waals surface area contributed by atoms with Crippen LogP contribution in [0.5, 0.6) is 11.5 Å². The van der Waals surface area contributed by atoms with E-state index < -0.39 is 16.5 Å². The Labute approximate surface area is 130 Å². The number of nitrogens with zero attached hydrogens (tertiary/aromatic N) is 3. The maximum absolute atomic E-state index is 11.8. The molecule has 2 N–H and O–H groups in total. The molecule has 0 bridgehead atoms. The van der Waals surface area contributed by atoms with E-state index in [2.05, 4.69) is 15.5 Å². The molecule has 9 nitrogen and oxygen atoms in total. The van der Waals surface area contributed by atoms with Gasteiger partial charge >= 0.3 is 5.69 Å². The predicted molar refractivity (Wildman–Crippen MR) is 80.6 cm³/mol. The number of aromatic hydroxyl groups is 1. The number of phenolic OH excluding ortho intramolecular Hbond substituents is 1. The van der Waals surface area contributed by atoms with Crippen LogP contribution in [0, 0.1) is 10.1 Å². The van der Waals surface area contributed by atoms with Gasteiger partial charge in [0.2, 0.25) is 5.75 Å². The Morgan fingerprint density at radius 1 is 1.39 bits per heavy atom. The second-order valence-electron chi connectivity index (χ2n) is 4.25. The van der Waals surface area contributed by atoms with E-state index in [9.17, 15) is 20.0 Å². The van der Waals surface area contributed by atoms with E-state index in [0.717, 1.165) is 6.21 Å². The highest BCUT2D eigenvalue weighted by atomic mass is 16.6. The lowest BCUT2D eigenvalue weighted by Crippen LogP contribution is -2.17. The first-order valence-corrected chi connectivity index (χ1v) is 6.32. The first-order valence-electron chi connectivity index (χ1n) is 6.32. The molecule has 0 saturated carbocycles. The Kier molecular flexibility index (Phi) is 4.82. The van der Waals surface area contributed by atoms with Crippen molar-refractivity contribution in [1.82, 2.24) is 10.4 Å². The minimum Gasteiger partial charge on any atom is -0.504 e. The zero-order valence-electron chi connectivity index (χ0n) is 12.0. The fraction of sp³-hybridized carbons (Fsp3) is 0.0714. The van der Waals surface area contributed by atoms with Gasteiger partial charge in [0.15, 0.2) is 5.75 Å². The predicted octanol–water partition coefficient (Wildman–Crippen LogP) is 1.47. The molecule has 0 aliphatic rings. The SMILES string of the molecule is COc1c(O)ccc(C=NNC(=O)c2ccncc2)c1[N+](=O)[O-]. The van der Waals surface area contributed by atoms with E-state index in [-0.39, 0.29) is 17.1 Å². The maximum atomic E-state index is 11.8. The lowest BCUT2D eigenvalue weighted by atomic mass is 10.1. The highest BCUT2D eigenvalue weighted by Crippen LogP contribution is 2.37. The average molecular weight is 316 g/mol. The number of phenols is 1. The first kappa shape index (κ1) is 15.9. The molecular weight excluding hydrogens is 304 g/mol. The van der Waals surface area contributed by atoms with Gasteiger partial charge in [0, 0.05) is 18.0 Å². The van der Waals surface area contributed by atoms with Crippen molar-refractivity contribution in [2.45, 2.75) is 0 Å². The van der Waals surface area contributed by atoms with Crippen molar-refractivity contribution in [1.29, 1.82) is 0 Å². The van der Waals surface area contributed by atoms with Crippen LogP contribution in [0.25, 0.3) is 0 Å². The lowest BCUT2D eigenvalue weighted by Gasteiger charge is -2.06. The molecule has 0 unspecified atom stereocenters. The highest BCUT2D eigenvalue weighted by Gasteiger charge is 2.23. The summed E-state index contributed by atoms with van der Waals surface area (Å²) in [5.41, 5.74) is 2.20. The van der Waals surface area contributed by atoms with Gasteiger partial charge in [-0.05, 0) is 24.3 Å². The number of amides is 1. The first-order chi connectivity index (χ1) is 11.0. The summed E-state index contributed by atoms with van der Waals surface area (Å²) in [6.07, 6.45) is 4.00. The van der Waals surface area contributed by atoms with E-state index in [1.165, 1.54) is 43.8 Å². The number of hydrogen-bond acceptors (Lipinski definition) is 7. The molecule has 0 atom stereocenters. The number of benzene rings is 1. The molecule has 23 heavy (non-hydrogen) atoms. The molecule has 0 radical (unpaired) electrons. The Hall–Kier alpha value is -3.49. The fourth-order valence-corrected chi connectivity index (χ4v) is 1.80. The van der Waals surface area contributed by atoms with Crippen molar-refractivity contribution in [3.63, 3.8) is 0 Å². The van der Waals surface area contributed by atoms with Crippen LogP contribution in [0.1, 0.15) is 15.9 Å². The van der Waals surface area contributed by atoms with E-state index in [4.69, 9.17) is 4.74 Å². The molecule has 118 valence electrons. The van der Waals surface area contributed by atoms with Gasteiger partial charge in [-0.1, -0.05) is 0 Å². The van der Waals surface area contributed by atoms with Crippen LogP contribution in [0.2, 0.25) is 0 Å². The van der Waals surface area contributed by atoms with Crippen molar-refractivity contribution in [3.05, 3.63) is 57.9 Å². The van der Waals surface area contributed by atoms with Gasteiger partial charge in [-0.15, -0.1) is 0 Å². The minimum atomic E-state index is -0.704.